The highest BCUT2D eigenvalue weighted by Crippen LogP contribution is 1.72. The van der Waals surface area contributed by atoms with E-state index in [1.807, 2.05) is 0 Å². The largest absolute Gasteiger partial charge is 0.369 e. The maximum Gasteiger partial charge on any atom is 0.231 e. The Hall–Kier alpha value is -1.14. The van der Waals surface area contributed by atoms with Crippen LogP contribution in [0.2, 0.25) is 0 Å². The van der Waals surface area contributed by atoms with Crippen molar-refractivity contribution in [3.63, 3.8) is 0 Å². The highest BCUT2D eigenvalue weighted by Gasteiger charge is 1.94. The van der Waals surface area contributed by atoms with Gasteiger partial charge in [-0.25, -0.2) is 0 Å². The number of hydrogen-bond donors (Lipinski definition) is 4. The van der Waals surface area contributed by atoms with Crippen molar-refractivity contribution in [2.45, 2.75) is 6.42 Å². The summed E-state index contributed by atoms with van der Waals surface area (Å²) in [7, 11) is 0. The summed E-state index contributed by atoms with van der Waals surface area (Å²) >= 11 is 0. The van der Waals surface area contributed by atoms with Crippen molar-refractivity contribution < 1.29 is 9.59 Å². The minimum atomic E-state index is -0.370. The predicted octanol–water partition coefficient (Wildman–Crippen LogP) is -2.47. The van der Waals surface area contributed by atoms with Gasteiger partial charge in [0, 0.05) is 0 Å². The molecule has 0 unspecified atom stereocenters. The van der Waals surface area contributed by atoms with Gasteiger partial charge in [-0.05, 0) is 19.5 Å². The predicted molar refractivity (Wildman–Crippen MR) is 48.7 cm³/mol. The van der Waals surface area contributed by atoms with E-state index in [2.05, 4.69) is 10.6 Å². The smallest absolute Gasteiger partial charge is 0.231 e. The summed E-state index contributed by atoms with van der Waals surface area (Å²) in [6.45, 7) is 1.76. The third kappa shape index (κ3) is 10.9. The Morgan fingerprint density at radius 3 is 1.62 bits per heavy atom. The van der Waals surface area contributed by atoms with Gasteiger partial charge in [-0.2, -0.15) is 0 Å². The molecule has 0 aliphatic heterocycles. The molecule has 6 heteroatoms. The Labute approximate surface area is 77.0 Å². The van der Waals surface area contributed by atoms with E-state index in [-0.39, 0.29) is 24.9 Å². The number of hydrogen-bond acceptors (Lipinski definition) is 4. The third-order valence-corrected chi connectivity index (χ3v) is 1.31. The minimum Gasteiger partial charge on any atom is -0.369 e. The lowest BCUT2D eigenvalue weighted by Gasteiger charge is -2.02. The molecule has 0 aliphatic carbocycles. The second kappa shape index (κ2) is 7.51. The van der Waals surface area contributed by atoms with Crippen molar-refractivity contribution >= 4 is 11.8 Å². The van der Waals surface area contributed by atoms with E-state index in [0.29, 0.717) is 13.1 Å². The van der Waals surface area contributed by atoms with Crippen molar-refractivity contribution in [3.05, 3.63) is 0 Å². The normalized spacial score (nSPS) is 9.85. The topological polar surface area (TPSA) is 110 Å². The maximum absolute atomic E-state index is 10.3. The quantitative estimate of drug-likeness (QED) is 0.316. The Morgan fingerprint density at radius 1 is 0.923 bits per heavy atom. The van der Waals surface area contributed by atoms with E-state index in [0.717, 1.165) is 6.42 Å². The molecule has 0 fully saturated rings. The van der Waals surface area contributed by atoms with Crippen LogP contribution in [-0.2, 0) is 9.59 Å². The van der Waals surface area contributed by atoms with Crippen molar-refractivity contribution in [2.24, 2.45) is 11.5 Å². The molecule has 0 saturated carbocycles. The van der Waals surface area contributed by atoms with Gasteiger partial charge in [0.1, 0.15) is 0 Å². The first kappa shape index (κ1) is 11.9. The number of carbonyl (C=O) groups is 2. The number of amides is 2. The fourth-order valence-corrected chi connectivity index (χ4v) is 0.762. The van der Waals surface area contributed by atoms with Gasteiger partial charge in [-0.15, -0.1) is 0 Å². The summed E-state index contributed by atoms with van der Waals surface area (Å²) in [5.74, 6) is -0.741. The summed E-state index contributed by atoms with van der Waals surface area (Å²) in [6.07, 6.45) is 0.820. The number of nitrogens with one attached hydrogen (secondary N) is 2. The van der Waals surface area contributed by atoms with Gasteiger partial charge in [0.05, 0.1) is 13.1 Å². The first-order valence-corrected chi connectivity index (χ1v) is 4.11. The van der Waals surface area contributed by atoms with Gasteiger partial charge < -0.3 is 22.1 Å². The van der Waals surface area contributed by atoms with Crippen LogP contribution < -0.4 is 22.1 Å². The molecule has 76 valence electrons. The number of carbonyl (C=O) groups excluding carboxylic acids is 2. The lowest BCUT2D eigenvalue weighted by Crippen LogP contribution is -2.32. The fraction of sp³-hybridized carbons (Fsp3) is 0.714. The highest BCUT2D eigenvalue weighted by atomic mass is 16.1. The second-order valence-corrected chi connectivity index (χ2v) is 2.64. The maximum atomic E-state index is 10.3. The van der Waals surface area contributed by atoms with Gasteiger partial charge in [0.25, 0.3) is 0 Å². The van der Waals surface area contributed by atoms with Crippen LogP contribution in [0.25, 0.3) is 0 Å². The van der Waals surface area contributed by atoms with Crippen LogP contribution in [0.3, 0.4) is 0 Å². The third-order valence-electron chi connectivity index (χ3n) is 1.31. The molecule has 0 rings (SSSR count). The van der Waals surface area contributed by atoms with E-state index in [1.165, 1.54) is 0 Å². The molecule has 0 aromatic carbocycles. The average molecular weight is 188 g/mol. The summed E-state index contributed by atoms with van der Waals surface area (Å²) in [5.41, 5.74) is 9.79. The van der Waals surface area contributed by atoms with Gasteiger partial charge in [0.2, 0.25) is 11.8 Å². The molecule has 13 heavy (non-hydrogen) atoms. The Balaban J connectivity index is 3.00. The lowest BCUT2D eigenvalue weighted by molar-refractivity contribution is -0.117. The van der Waals surface area contributed by atoms with Gasteiger partial charge in [0.15, 0.2) is 0 Å². The van der Waals surface area contributed by atoms with Crippen LogP contribution in [0.5, 0.6) is 0 Å². The molecule has 0 spiro atoms. The van der Waals surface area contributed by atoms with E-state index in [1.54, 1.807) is 0 Å². The molecule has 0 saturated heterocycles. The molecular weight excluding hydrogens is 172 g/mol. The van der Waals surface area contributed by atoms with Crippen LogP contribution in [0.1, 0.15) is 6.42 Å². The van der Waals surface area contributed by atoms with Gasteiger partial charge in [-0.3, -0.25) is 9.59 Å². The van der Waals surface area contributed by atoms with Crippen molar-refractivity contribution in [1.29, 1.82) is 0 Å². The fourth-order valence-electron chi connectivity index (χ4n) is 0.762. The van der Waals surface area contributed by atoms with Crippen LogP contribution in [0.4, 0.5) is 0 Å². The van der Waals surface area contributed by atoms with Crippen molar-refractivity contribution in [1.82, 2.24) is 10.6 Å². The van der Waals surface area contributed by atoms with E-state index in [9.17, 15) is 9.59 Å². The van der Waals surface area contributed by atoms with Crippen molar-refractivity contribution in [3.8, 4) is 0 Å². The summed E-state index contributed by atoms with van der Waals surface area (Å²) in [6, 6.07) is 0. The molecular formula is C7H16N4O2. The van der Waals surface area contributed by atoms with Gasteiger partial charge in [-0.1, -0.05) is 0 Å². The highest BCUT2D eigenvalue weighted by molar-refractivity contribution is 5.76. The molecule has 6 N–H and O–H groups in total. The molecule has 0 aromatic rings. The number of primary amides is 2. The Morgan fingerprint density at radius 2 is 1.31 bits per heavy atom. The van der Waals surface area contributed by atoms with Gasteiger partial charge >= 0.3 is 0 Å². The second-order valence-electron chi connectivity index (χ2n) is 2.64. The zero-order valence-corrected chi connectivity index (χ0v) is 7.51. The molecule has 0 radical (unpaired) electrons. The number of nitrogens with two attached hydrogens (primary N) is 2. The first-order valence-electron chi connectivity index (χ1n) is 4.11. The van der Waals surface area contributed by atoms with Crippen LogP contribution in [-0.4, -0.2) is 38.0 Å². The van der Waals surface area contributed by atoms with E-state index >= 15 is 0 Å². The molecule has 0 aromatic heterocycles. The molecule has 6 nitrogen and oxygen atoms in total. The van der Waals surface area contributed by atoms with Crippen LogP contribution in [0.15, 0.2) is 0 Å². The molecule has 0 bridgehead atoms. The SMILES string of the molecule is NC(=O)CNCCCNCC(N)=O. The van der Waals surface area contributed by atoms with Crippen LogP contribution >= 0.6 is 0 Å². The number of rotatable bonds is 8. The average Bonchev–Trinajstić information content (AvgIpc) is 2.01. The lowest BCUT2D eigenvalue weighted by atomic mass is 10.4. The van der Waals surface area contributed by atoms with Crippen molar-refractivity contribution in [2.75, 3.05) is 26.2 Å². The minimum absolute atomic E-state index is 0.190. The summed E-state index contributed by atoms with van der Waals surface area (Å²) < 4.78 is 0. The zero-order chi connectivity index (χ0) is 10.1. The van der Waals surface area contributed by atoms with E-state index < -0.39 is 0 Å². The Kier molecular flexibility index (Phi) is 6.85. The first-order chi connectivity index (χ1) is 6.13. The van der Waals surface area contributed by atoms with Crippen LogP contribution in [0, 0.1) is 0 Å². The van der Waals surface area contributed by atoms with E-state index in [4.69, 9.17) is 11.5 Å². The molecule has 0 heterocycles. The zero-order valence-electron chi connectivity index (χ0n) is 7.51. The summed E-state index contributed by atoms with van der Waals surface area (Å²) in [4.78, 5) is 20.5. The summed E-state index contributed by atoms with van der Waals surface area (Å²) in [5, 5.41) is 5.68. The Bertz CT molecular complexity index is 154. The standard InChI is InChI=1S/C7H16N4O2/c8-6(12)4-10-2-1-3-11-5-7(9)13/h10-11H,1-5H2,(H2,8,12)(H2,9,13). The monoisotopic (exact) mass is 188 g/mol. The molecule has 0 atom stereocenters. The molecule has 0 aliphatic rings. The molecule has 2 amide bonds.